The maximum absolute atomic E-state index is 16.4. The topological polar surface area (TPSA) is 186 Å². The summed E-state index contributed by atoms with van der Waals surface area (Å²) in [6.07, 6.45) is -2.65. The maximum Gasteiger partial charge on any atom is 0.408 e. The lowest BCUT2D eigenvalue weighted by Crippen LogP contribution is -2.61. The Labute approximate surface area is 352 Å². The molecule has 5 fully saturated rings. The van der Waals surface area contributed by atoms with Crippen LogP contribution in [0.5, 0.6) is 5.88 Å². The van der Waals surface area contributed by atoms with Crippen molar-refractivity contribution in [2.24, 2.45) is 35.0 Å². The first-order valence-corrected chi connectivity index (χ1v) is 22.8. The Kier molecular flexibility index (Phi) is 10.8. The fourth-order valence-corrected chi connectivity index (χ4v) is 11.1. The number of halogens is 4. The first-order valence-electron chi connectivity index (χ1n) is 21.3. The van der Waals surface area contributed by atoms with Crippen molar-refractivity contribution in [2.75, 3.05) is 6.54 Å². The van der Waals surface area contributed by atoms with Crippen LogP contribution in [0, 0.1) is 35.0 Å². The van der Waals surface area contributed by atoms with Crippen LogP contribution in [0.2, 0.25) is 0 Å². The molecule has 2 bridgehead atoms. The molecule has 14 nitrogen and oxygen atoms in total. The standard InChI is InChI=1S/C42H54F4N6O8S/c1-21-29-20-52(30(21)34(53)50-41(19-25(41)33(43)44)37(55)51-61(57,58)40(5)15-16-40)36(54)32(39(2,3)4)49-38(56)60-28-18-22-17-24(22)23(28)11-7-6-10-14-42(45,46)31-35(59-29)48-27-13-9-8-12-26(27)47-31/h8-9,12-13,21-25,28-30,32-33H,6-7,10-11,14-20H2,1-5H3,(H,49,56)(H,50,53)(H,51,55)/t21-,22?,23-,24+,25+,28-,29+,30+,32-,41-/m1/s1. The lowest BCUT2D eigenvalue weighted by molar-refractivity contribution is -0.143. The molecule has 2 aromatic rings. The largest absolute Gasteiger partial charge is 0.471 e. The van der Waals surface area contributed by atoms with Gasteiger partial charge in [-0.05, 0) is 87.2 Å². The second-order valence-electron chi connectivity index (χ2n) is 19.6. The van der Waals surface area contributed by atoms with E-state index in [0.29, 0.717) is 37.5 Å². The highest BCUT2D eigenvalue weighted by molar-refractivity contribution is 7.91. The molecule has 334 valence electrons. The SMILES string of the molecule is C[C@@H]1[C@@H]2CN(C(=O)[C@H](C(C)(C)C)NC(=O)O[C@@H]3CC4C[C@@H]4[C@H]3CCCCCC(F)(F)c3nc4ccccc4nc3O2)[C@@H]1C(=O)N[C@]1(C(=O)NS(=O)(=O)C2(C)CC2)C[C@H]1C(F)F. The van der Waals surface area contributed by atoms with E-state index in [2.05, 4.69) is 20.6 Å². The summed E-state index contributed by atoms with van der Waals surface area (Å²) in [6, 6.07) is 3.50. The average Bonchev–Trinajstić information content (AvgIpc) is 4.13. The monoisotopic (exact) mass is 878 g/mol. The maximum atomic E-state index is 16.4. The molecule has 0 radical (unpaired) electrons. The Morgan fingerprint density at radius 1 is 0.967 bits per heavy atom. The van der Waals surface area contributed by atoms with Crippen LogP contribution >= 0.6 is 0 Å². The summed E-state index contributed by atoms with van der Waals surface area (Å²) in [6.45, 7) is 7.57. The quantitative estimate of drug-likeness (QED) is 0.310. The zero-order chi connectivity index (χ0) is 44.0. The summed E-state index contributed by atoms with van der Waals surface area (Å²) >= 11 is 0. The molecule has 1 aromatic carbocycles. The summed E-state index contributed by atoms with van der Waals surface area (Å²) in [5.74, 6) is -9.24. The van der Waals surface area contributed by atoms with Gasteiger partial charge in [-0.2, -0.15) is 8.78 Å². The second-order valence-corrected chi connectivity index (χ2v) is 21.8. The number of carbonyl (C=O) groups excluding carboxylic acids is 4. The van der Waals surface area contributed by atoms with E-state index in [-0.39, 0.29) is 36.2 Å². The van der Waals surface area contributed by atoms with Crippen LogP contribution in [-0.4, -0.2) is 94.6 Å². The Morgan fingerprint density at radius 3 is 2.30 bits per heavy atom. The molecule has 1 aromatic heterocycles. The van der Waals surface area contributed by atoms with Crippen LogP contribution in [0.3, 0.4) is 0 Å². The number of nitrogens with zero attached hydrogens (tertiary/aromatic N) is 3. The molecule has 8 rings (SSSR count). The lowest BCUT2D eigenvalue weighted by Gasteiger charge is -2.36. The third-order valence-corrected chi connectivity index (χ3v) is 16.3. The summed E-state index contributed by atoms with van der Waals surface area (Å²) in [4.78, 5) is 66.7. The molecule has 2 aliphatic heterocycles. The Morgan fingerprint density at radius 2 is 1.66 bits per heavy atom. The summed E-state index contributed by atoms with van der Waals surface area (Å²) in [7, 11) is -4.30. The summed E-state index contributed by atoms with van der Waals surface area (Å²) < 4.78 is 100. The molecule has 4 saturated carbocycles. The van der Waals surface area contributed by atoms with Gasteiger partial charge in [0.2, 0.25) is 34.1 Å². The minimum absolute atomic E-state index is 0.0351. The molecule has 0 spiro atoms. The zero-order valence-corrected chi connectivity index (χ0v) is 35.7. The number of hydrogen-bond donors (Lipinski definition) is 3. The number of para-hydroxylation sites is 2. The number of hydrogen-bond acceptors (Lipinski definition) is 10. The van der Waals surface area contributed by atoms with Crippen molar-refractivity contribution in [2.45, 2.75) is 146 Å². The van der Waals surface area contributed by atoms with Crippen molar-refractivity contribution in [3.05, 3.63) is 30.0 Å². The van der Waals surface area contributed by atoms with Crippen LogP contribution in [0.1, 0.15) is 105 Å². The number of amides is 4. The molecule has 19 heteroatoms. The van der Waals surface area contributed by atoms with Gasteiger partial charge in [0.05, 0.1) is 28.2 Å². The van der Waals surface area contributed by atoms with Gasteiger partial charge < -0.3 is 25.0 Å². The van der Waals surface area contributed by atoms with E-state index in [1.807, 2.05) is 4.72 Å². The number of alkyl carbamates (subject to hydrolysis) is 1. The third-order valence-electron chi connectivity index (χ3n) is 14.1. The molecule has 4 aliphatic carbocycles. The Hall–Kier alpha value is -4.29. The number of ether oxygens (including phenoxy) is 2. The number of rotatable bonds is 6. The minimum Gasteiger partial charge on any atom is -0.471 e. The fourth-order valence-electron chi connectivity index (χ4n) is 9.77. The highest BCUT2D eigenvalue weighted by Crippen LogP contribution is 2.58. The van der Waals surface area contributed by atoms with E-state index in [0.717, 1.165) is 11.3 Å². The van der Waals surface area contributed by atoms with Crippen LogP contribution in [0.4, 0.5) is 22.4 Å². The molecule has 10 atom stereocenters. The molecular weight excluding hydrogens is 825 g/mol. The second kappa shape index (κ2) is 15.2. The average molecular weight is 879 g/mol. The molecule has 61 heavy (non-hydrogen) atoms. The predicted molar refractivity (Wildman–Crippen MR) is 212 cm³/mol. The fraction of sp³-hybridized carbons (Fsp3) is 0.714. The molecule has 3 N–H and O–H groups in total. The number of nitrogens with one attached hydrogen (secondary N) is 3. The van der Waals surface area contributed by atoms with Crippen molar-refractivity contribution in [1.82, 2.24) is 30.2 Å². The van der Waals surface area contributed by atoms with Crippen LogP contribution < -0.4 is 20.1 Å². The lowest BCUT2D eigenvalue weighted by atomic mass is 9.85. The van der Waals surface area contributed by atoms with E-state index in [1.165, 1.54) is 13.8 Å². The van der Waals surface area contributed by atoms with E-state index in [4.69, 9.17) is 9.47 Å². The van der Waals surface area contributed by atoms with E-state index >= 15 is 8.78 Å². The highest BCUT2D eigenvalue weighted by atomic mass is 32.2. The van der Waals surface area contributed by atoms with E-state index < -0.39 is 129 Å². The first kappa shape index (κ1) is 43.4. The number of carbonyl (C=O) groups is 4. The van der Waals surface area contributed by atoms with Gasteiger partial charge in [-0.3, -0.25) is 19.1 Å². The van der Waals surface area contributed by atoms with E-state index in [9.17, 15) is 36.4 Å². The van der Waals surface area contributed by atoms with Crippen molar-refractivity contribution in [1.29, 1.82) is 0 Å². The molecule has 1 unspecified atom stereocenters. The highest BCUT2D eigenvalue weighted by Gasteiger charge is 2.68. The molecule has 3 heterocycles. The first-order chi connectivity index (χ1) is 28.5. The van der Waals surface area contributed by atoms with Crippen molar-refractivity contribution in [3.63, 3.8) is 0 Å². The number of sulfonamides is 1. The normalized spacial score (nSPS) is 34.6. The van der Waals surface area contributed by atoms with Gasteiger partial charge >= 0.3 is 6.09 Å². The number of aromatic nitrogens is 2. The van der Waals surface area contributed by atoms with Gasteiger partial charge in [-0.1, -0.05) is 52.7 Å². The van der Waals surface area contributed by atoms with Gasteiger partial charge in [0.15, 0.2) is 5.69 Å². The smallest absolute Gasteiger partial charge is 0.408 e. The molecular formula is C42H54F4N6O8S. The third kappa shape index (κ3) is 8.12. The van der Waals surface area contributed by atoms with Gasteiger partial charge in [0.1, 0.15) is 29.8 Å². The minimum atomic E-state index is -4.30. The van der Waals surface area contributed by atoms with Crippen LogP contribution in [0.15, 0.2) is 24.3 Å². The van der Waals surface area contributed by atoms with Crippen LogP contribution in [-0.2, 0) is 35.1 Å². The van der Waals surface area contributed by atoms with E-state index in [1.54, 1.807) is 45.0 Å². The number of alkyl halides is 4. The van der Waals surface area contributed by atoms with Crippen molar-refractivity contribution >= 4 is 44.9 Å². The Balaban J connectivity index is 1.16. The van der Waals surface area contributed by atoms with Crippen molar-refractivity contribution in [3.8, 4) is 5.88 Å². The van der Waals surface area contributed by atoms with Gasteiger partial charge in [-0.25, -0.2) is 32.0 Å². The van der Waals surface area contributed by atoms with Gasteiger partial charge in [0, 0.05) is 12.3 Å². The number of fused-ring (bicyclic) bond motifs is 7. The summed E-state index contributed by atoms with van der Waals surface area (Å²) in [5, 5.41) is 5.14. The molecule has 4 amide bonds. The number of benzene rings is 1. The zero-order valence-electron chi connectivity index (χ0n) is 34.9. The van der Waals surface area contributed by atoms with Crippen molar-refractivity contribution < 1.29 is 54.6 Å². The predicted octanol–water partition coefficient (Wildman–Crippen LogP) is 5.58. The van der Waals surface area contributed by atoms with Crippen LogP contribution in [0.25, 0.3) is 11.0 Å². The molecule has 1 saturated heterocycles. The summed E-state index contributed by atoms with van der Waals surface area (Å²) in [5.41, 5.74) is -3.61. The molecule has 6 aliphatic rings. The Bertz CT molecular complexity index is 2220. The van der Waals surface area contributed by atoms with Gasteiger partial charge in [0.25, 0.3) is 11.8 Å². The van der Waals surface area contributed by atoms with Gasteiger partial charge in [-0.15, -0.1) is 0 Å².